The monoisotopic (exact) mass is 243 g/mol. The second-order valence-electron chi connectivity index (χ2n) is 5.40. The SMILES string of the molecule is CC(=O)Nc1ncc2cc(C(C)(C)C)ccc2n1. The van der Waals surface area contributed by atoms with Gasteiger partial charge in [0.2, 0.25) is 11.9 Å². The Hall–Kier alpha value is -1.97. The van der Waals surface area contributed by atoms with Gasteiger partial charge in [-0.1, -0.05) is 26.8 Å². The lowest BCUT2D eigenvalue weighted by Crippen LogP contribution is -2.11. The summed E-state index contributed by atoms with van der Waals surface area (Å²) in [4.78, 5) is 19.4. The number of rotatable bonds is 1. The quantitative estimate of drug-likeness (QED) is 0.837. The van der Waals surface area contributed by atoms with Crippen LogP contribution in [0.3, 0.4) is 0 Å². The van der Waals surface area contributed by atoms with Gasteiger partial charge in [0, 0.05) is 18.5 Å². The van der Waals surface area contributed by atoms with Crippen LogP contribution < -0.4 is 5.32 Å². The molecule has 0 fully saturated rings. The van der Waals surface area contributed by atoms with Crippen molar-refractivity contribution in [3.8, 4) is 0 Å². The Balaban J connectivity index is 2.45. The lowest BCUT2D eigenvalue weighted by Gasteiger charge is -2.19. The number of carbonyl (C=O) groups excluding carboxylic acids is 1. The van der Waals surface area contributed by atoms with Crippen LogP contribution in [0.5, 0.6) is 0 Å². The first-order valence-corrected chi connectivity index (χ1v) is 5.91. The van der Waals surface area contributed by atoms with Crippen molar-refractivity contribution in [2.24, 2.45) is 0 Å². The molecule has 2 aromatic rings. The average Bonchev–Trinajstić information content (AvgIpc) is 2.26. The molecule has 2 rings (SSSR count). The van der Waals surface area contributed by atoms with Gasteiger partial charge in [-0.2, -0.15) is 0 Å². The van der Waals surface area contributed by atoms with E-state index >= 15 is 0 Å². The third-order valence-corrected chi connectivity index (χ3v) is 2.73. The number of hydrogen-bond donors (Lipinski definition) is 1. The van der Waals surface area contributed by atoms with Crippen LogP contribution in [0.2, 0.25) is 0 Å². The molecule has 0 aliphatic heterocycles. The molecular formula is C14H17N3O. The highest BCUT2D eigenvalue weighted by Gasteiger charge is 2.14. The number of carbonyl (C=O) groups is 1. The highest BCUT2D eigenvalue weighted by molar-refractivity contribution is 5.88. The number of anilines is 1. The Morgan fingerprint density at radius 3 is 2.61 bits per heavy atom. The molecule has 1 N–H and O–H groups in total. The molecule has 4 heteroatoms. The molecule has 0 spiro atoms. The van der Waals surface area contributed by atoms with Crippen molar-refractivity contribution >= 4 is 22.8 Å². The maximum Gasteiger partial charge on any atom is 0.229 e. The zero-order chi connectivity index (χ0) is 13.3. The van der Waals surface area contributed by atoms with E-state index in [4.69, 9.17) is 0 Å². The van der Waals surface area contributed by atoms with E-state index in [9.17, 15) is 4.79 Å². The van der Waals surface area contributed by atoms with E-state index in [1.54, 1.807) is 6.20 Å². The van der Waals surface area contributed by atoms with Crippen molar-refractivity contribution in [2.45, 2.75) is 33.1 Å². The van der Waals surface area contributed by atoms with E-state index in [1.165, 1.54) is 12.5 Å². The Kier molecular flexibility index (Phi) is 3.03. The Morgan fingerprint density at radius 2 is 2.00 bits per heavy atom. The van der Waals surface area contributed by atoms with E-state index in [2.05, 4.69) is 48.2 Å². The molecule has 0 radical (unpaired) electrons. The fourth-order valence-electron chi connectivity index (χ4n) is 1.72. The summed E-state index contributed by atoms with van der Waals surface area (Å²) >= 11 is 0. The minimum absolute atomic E-state index is 0.102. The van der Waals surface area contributed by atoms with Gasteiger partial charge in [-0.05, 0) is 23.1 Å². The minimum Gasteiger partial charge on any atom is -0.295 e. The predicted octanol–water partition coefficient (Wildman–Crippen LogP) is 2.89. The maximum atomic E-state index is 10.9. The second kappa shape index (κ2) is 4.37. The summed E-state index contributed by atoms with van der Waals surface area (Å²) in [5.41, 5.74) is 2.18. The highest BCUT2D eigenvalue weighted by atomic mass is 16.1. The lowest BCUT2D eigenvalue weighted by atomic mass is 9.86. The summed E-state index contributed by atoms with van der Waals surface area (Å²) in [6.07, 6.45) is 1.74. The highest BCUT2D eigenvalue weighted by Crippen LogP contribution is 2.25. The van der Waals surface area contributed by atoms with Gasteiger partial charge in [0.25, 0.3) is 0 Å². The molecule has 4 nitrogen and oxygen atoms in total. The van der Waals surface area contributed by atoms with Crippen molar-refractivity contribution < 1.29 is 4.79 Å². The van der Waals surface area contributed by atoms with E-state index in [0.29, 0.717) is 5.95 Å². The zero-order valence-corrected chi connectivity index (χ0v) is 11.1. The van der Waals surface area contributed by atoms with Gasteiger partial charge in [0.15, 0.2) is 0 Å². The minimum atomic E-state index is -0.166. The average molecular weight is 243 g/mol. The van der Waals surface area contributed by atoms with Crippen LogP contribution in [-0.2, 0) is 10.2 Å². The van der Waals surface area contributed by atoms with Crippen LogP contribution in [0.25, 0.3) is 10.9 Å². The number of fused-ring (bicyclic) bond motifs is 1. The predicted molar refractivity (Wildman–Crippen MR) is 72.5 cm³/mol. The standard InChI is InChI=1S/C14H17N3O/c1-9(18)16-13-15-8-10-7-11(14(2,3)4)5-6-12(10)17-13/h5-8H,1-4H3,(H,15,16,17,18). The van der Waals surface area contributed by atoms with Gasteiger partial charge in [-0.3, -0.25) is 10.1 Å². The summed E-state index contributed by atoms with van der Waals surface area (Å²) < 4.78 is 0. The summed E-state index contributed by atoms with van der Waals surface area (Å²) in [6, 6.07) is 6.11. The molecule has 0 aliphatic rings. The smallest absolute Gasteiger partial charge is 0.229 e. The molecule has 0 unspecified atom stereocenters. The first-order valence-electron chi connectivity index (χ1n) is 5.91. The van der Waals surface area contributed by atoms with E-state index < -0.39 is 0 Å². The number of aromatic nitrogens is 2. The number of amides is 1. The van der Waals surface area contributed by atoms with Crippen LogP contribution in [0.15, 0.2) is 24.4 Å². The first kappa shape index (κ1) is 12.5. The first-order chi connectivity index (χ1) is 8.36. The Bertz CT molecular complexity index is 600. The Morgan fingerprint density at radius 1 is 1.28 bits per heavy atom. The Labute approximate surface area is 106 Å². The van der Waals surface area contributed by atoms with E-state index in [1.807, 2.05) is 6.07 Å². The molecule has 0 saturated heterocycles. The van der Waals surface area contributed by atoms with Crippen LogP contribution in [0.1, 0.15) is 33.3 Å². The number of nitrogens with zero attached hydrogens (tertiary/aromatic N) is 2. The third kappa shape index (κ3) is 2.64. The largest absolute Gasteiger partial charge is 0.295 e. The third-order valence-electron chi connectivity index (χ3n) is 2.73. The molecule has 0 saturated carbocycles. The number of benzene rings is 1. The van der Waals surface area contributed by atoms with Gasteiger partial charge >= 0.3 is 0 Å². The molecule has 0 aliphatic carbocycles. The van der Waals surface area contributed by atoms with Crippen molar-refractivity contribution in [1.82, 2.24) is 9.97 Å². The van der Waals surface area contributed by atoms with Crippen LogP contribution in [-0.4, -0.2) is 15.9 Å². The van der Waals surface area contributed by atoms with Gasteiger partial charge in [-0.25, -0.2) is 9.97 Å². The normalized spacial score (nSPS) is 11.6. The van der Waals surface area contributed by atoms with Gasteiger partial charge in [-0.15, -0.1) is 0 Å². The van der Waals surface area contributed by atoms with E-state index in [0.717, 1.165) is 10.9 Å². The van der Waals surface area contributed by atoms with Crippen LogP contribution in [0.4, 0.5) is 5.95 Å². The molecule has 94 valence electrons. The molecule has 1 amide bonds. The molecule has 18 heavy (non-hydrogen) atoms. The van der Waals surface area contributed by atoms with Crippen molar-refractivity contribution in [1.29, 1.82) is 0 Å². The van der Waals surface area contributed by atoms with Crippen molar-refractivity contribution in [2.75, 3.05) is 5.32 Å². The van der Waals surface area contributed by atoms with E-state index in [-0.39, 0.29) is 11.3 Å². The molecule has 0 bridgehead atoms. The zero-order valence-electron chi connectivity index (χ0n) is 11.1. The summed E-state index contributed by atoms with van der Waals surface area (Å²) in [5, 5.41) is 3.56. The summed E-state index contributed by atoms with van der Waals surface area (Å²) in [7, 11) is 0. The number of hydrogen-bond acceptors (Lipinski definition) is 3. The lowest BCUT2D eigenvalue weighted by molar-refractivity contribution is -0.114. The van der Waals surface area contributed by atoms with Gasteiger partial charge in [0.1, 0.15) is 0 Å². The summed E-state index contributed by atoms with van der Waals surface area (Å²) in [5.74, 6) is 0.180. The topological polar surface area (TPSA) is 54.9 Å². The number of nitrogens with one attached hydrogen (secondary N) is 1. The fraction of sp³-hybridized carbons (Fsp3) is 0.357. The van der Waals surface area contributed by atoms with Crippen molar-refractivity contribution in [3.05, 3.63) is 30.0 Å². The van der Waals surface area contributed by atoms with Crippen LogP contribution in [0, 0.1) is 0 Å². The van der Waals surface area contributed by atoms with Gasteiger partial charge < -0.3 is 0 Å². The van der Waals surface area contributed by atoms with Crippen LogP contribution >= 0.6 is 0 Å². The summed E-state index contributed by atoms with van der Waals surface area (Å²) in [6.45, 7) is 7.94. The second-order valence-corrected chi connectivity index (χ2v) is 5.40. The van der Waals surface area contributed by atoms with Gasteiger partial charge in [0.05, 0.1) is 5.52 Å². The molecule has 1 aromatic carbocycles. The fourth-order valence-corrected chi connectivity index (χ4v) is 1.72. The molecular weight excluding hydrogens is 226 g/mol. The molecule has 0 atom stereocenters. The van der Waals surface area contributed by atoms with Crippen molar-refractivity contribution in [3.63, 3.8) is 0 Å². The maximum absolute atomic E-state index is 10.9. The molecule has 1 aromatic heterocycles. The molecule has 1 heterocycles.